The van der Waals surface area contributed by atoms with Crippen LogP contribution in [0, 0.1) is 13.8 Å². The van der Waals surface area contributed by atoms with E-state index in [-0.39, 0.29) is 17.9 Å². The number of fused-ring (bicyclic) bond motifs is 1. The quantitative estimate of drug-likeness (QED) is 0.865. The maximum atomic E-state index is 13.2. The van der Waals surface area contributed by atoms with Gasteiger partial charge in [-0.3, -0.25) is 9.59 Å². The zero-order chi connectivity index (χ0) is 19.7. The lowest BCUT2D eigenvalue weighted by Gasteiger charge is -2.31. The van der Waals surface area contributed by atoms with Crippen molar-refractivity contribution in [3.63, 3.8) is 0 Å². The van der Waals surface area contributed by atoms with Crippen molar-refractivity contribution in [2.75, 3.05) is 11.9 Å². The molecule has 2 aromatic rings. The summed E-state index contributed by atoms with van der Waals surface area (Å²) in [6.07, 6.45) is 2.25. The molecule has 1 saturated heterocycles. The molecule has 0 aliphatic carbocycles. The Labute approximate surface area is 166 Å². The molecule has 5 heteroatoms. The standard InChI is InChI=1S/C23H27N3O2/c1-15-10-16(2)12-19(11-15)25-22(27)21-8-5-9-26(21)23(28)20-13-17-6-3-4-7-18(17)14-24-20/h3-4,6-7,10-12,20-21,24H,5,8-9,13-14H2,1-2H3,(H,25,27)/t20-,21+/m1/s1. The minimum absolute atomic E-state index is 0.0348. The van der Waals surface area contributed by atoms with Crippen LogP contribution in [0.5, 0.6) is 0 Å². The molecule has 2 amide bonds. The molecule has 0 aromatic heterocycles. The largest absolute Gasteiger partial charge is 0.329 e. The Hall–Kier alpha value is -2.66. The SMILES string of the molecule is Cc1cc(C)cc(NC(=O)[C@@H]2CCCN2C(=O)[C@H]2Cc3ccccc3CN2)c1. The molecule has 0 radical (unpaired) electrons. The van der Waals surface area contributed by atoms with E-state index in [2.05, 4.69) is 28.8 Å². The Morgan fingerprint density at radius 2 is 1.79 bits per heavy atom. The minimum atomic E-state index is -0.396. The summed E-state index contributed by atoms with van der Waals surface area (Å²) in [5.41, 5.74) is 5.48. The number of hydrogen-bond donors (Lipinski definition) is 2. The molecule has 0 spiro atoms. The highest BCUT2D eigenvalue weighted by Gasteiger charge is 2.38. The van der Waals surface area contributed by atoms with Crippen LogP contribution in [0.1, 0.15) is 35.1 Å². The Morgan fingerprint density at radius 3 is 2.54 bits per heavy atom. The van der Waals surface area contributed by atoms with Crippen LogP contribution in [-0.4, -0.2) is 35.3 Å². The highest BCUT2D eigenvalue weighted by Crippen LogP contribution is 2.24. The first-order chi connectivity index (χ1) is 13.5. The molecule has 2 aromatic carbocycles. The Bertz CT molecular complexity index is 888. The fourth-order valence-electron chi connectivity index (χ4n) is 4.40. The first-order valence-corrected chi connectivity index (χ1v) is 10.0. The van der Waals surface area contributed by atoms with Crippen LogP contribution in [-0.2, 0) is 22.6 Å². The van der Waals surface area contributed by atoms with Crippen molar-refractivity contribution in [1.82, 2.24) is 10.2 Å². The van der Waals surface area contributed by atoms with E-state index in [1.807, 2.05) is 38.1 Å². The molecule has 2 aliphatic heterocycles. The number of hydrogen-bond acceptors (Lipinski definition) is 3. The van der Waals surface area contributed by atoms with E-state index in [1.54, 1.807) is 4.90 Å². The number of rotatable bonds is 3. The third kappa shape index (κ3) is 3.80. The van der Waals surface area contributed by atoms with Crippen molar-refractivity contribution in [2.45, 2.75) is 51.7 Å². The molecule has 5 nitrogen and oxygen atoms in total. The molecular formula is C23H27N3O2. The Balaban J connectivity index is 1.45. The molecule has 0 unspecified atom stereocenters. The lowest BCUT2D eigenvalue weighted by atomic mass is 9.95. The van der Waals surface area contributed by atoms with Gasteiger partial charge in [-0.2, -0.15) is 0 Å². The van der Waals surface area contributed by atoms with Gasteiger partial charge in [-0.05, 0) is 67.5 Å². The molecule has 1 fully saturated rings. The summed E-state index contributed by atoms with van der Waals surface area (Å²) < 4.78 is 0. The van der Waals surface area contributed by atoms with Crippen LogP contribution in [0.2, 0.25) is 0 Å². The zero-order valence-corrected chi connectivity index (χ0v) is 16.5. The zero-order valence-electron chi connectivity index (χ0n) is 16.5. The summed E-state index contributed by atoms with van der Waals surface area (Å²) in [4.78, 5) is 27.8. The maximum absolute atomic E-state index is 13.2. The van der Waals surface area contributed by atoms with E-state index in [4.69, 9.17) is 0 Å². The average molecular weight is 377 g/mol. The van der Waals surface area contributed by atoms with Gasteiger partial charge in [-0.15, -0.1) is 0 Å². The minimum Gasteiger partial charge on any atom is -0.329 e. The van der Waals surface area contributed by atoms with Crippen LogP contribution < -0.4 is 10.6 Å². The lowest BCUT2D eigenvalue weighted by molar-refractivity contribution is -0.138. The summed E-state index contributed by atoms with van der Waals surface area (Å²) >= 11 is 0. The topological polar surface area (TPSA) is 61.4 Å². The monoisotopic (exact) mass is 377 g/mol. The molecule has 0 saturated carbocycles. The van der Waals surface area contributed by atoms with Crippen LogP contribution in [0.15, 0.2) is 42.5 Å². The number of anilines is 1. The van der Waals surface area contributed by atoms with Gasteiger partial charge in [0.1, 0.15) is 6.04 Å². The highest BCUT2D eigenvalue weighted by atomic mass is 16.2. The second-order valence-electron chi connectivity index (χ2n) is 7.96. The fraction of sp³-hybridized carbons (Fsp3) is 0.391. The van der Waals surface area contributed by atoms with Gasteiger partial charge in [-0.25, -0.2) is 0 Å². The first kappa shape index (κ1) is 18.7. The molecular weight excluding hydrogens is 350 g/mol. The second kappa shape index (κ2) is 7.76. The smallest absolute Gasteiger partial charge is 0.247 e. The van der Waals surface area contributed by atoms with Crippen molar-refractivity contribution < 1.29 is 9.59 Å². The number of aryl methyl sites for hydroxylation is 2. The predicted octanol–water partition coefficient (Wildman–Crippen LogP) is 2.95. The van der Waals surface area contributed by atoms with E-state index >= 15 is 0 Å². The van der Waals surface area contributed by atoms with E-state index in [0.717, 1.165) is 23.2 Å². The number of carbonyl (C=O) groups is 2. The van der Waals surface area contributed by atoms with Gasteiger partial charge in [0.25, 0.3) is 0 Å². The number of amides is 2. The van der Waals surface area contributed by atoms with Gasteiger partial charge in [0.2, 0.25) is 11.8 Å². The third-order valence-corrected chi connectivity index (χ3v) is 5.71. The summed E-state index contributed by atoms with van der Waals surface area (Å²) in [6.45, 7) is 5.37. The van der Waals surface area contributed by atoms with Gasteiger partial charge in [-0.1, -0.05) is 30.3 Å². The molecule has 146 valence electrons. The average Bonchev–Trinajstić information content (AvgIpc) is 3.16. The number of likely N-dealkylation sites (tertiary alicyclic amines) is 1. The van der Waals surface area contributed by atoms with Crippen LogP contribution in [0.25, 0.3) is 0 Å². The van der Waals surface area contributed by atoms with Gasteiger partial charge in [0.15, 0.2) is 0 Å². The second-order valence-corrected chi connectivity index (χ2v) is 7.96. The van der Waals surface area contributed by atoms with Gasteiger partial charge >= 0.3 is 0 Å². The van der Waals surface area contributed by atoms with Gasteiger partial charge < -0.3 is 15.5 Å². The predicted molar refractivity (Wildman–Crippen MR) is 110 cm³/mol. The van der Waals surface area contributed by atoms with Crippen LogP contribution >= 0.6 is 0 Å². The summed E-state index contributed by atoms with van der Waals surface area (Å²) in [5, 5.41) is 6.37. The van der Waals surface area contributed by atoms with Crippen molar-refractivity contribution in [1.29, 1.82) is 0 Å². The maximum Gasteiger partial charge on any atom is 0.247 e. The molecule has 28 heavy (non-hydrogen) atoms. The molecule has 2 heterocycles. The van der Waals surface area contributed by atoms with E-state index < -0.39 is 6.04 Å². The van der Waals surface area contributed by atoms with Crippen molar-refractivity contribution in [2.24, 2.45) is 0 Å². The molecule has 2 aliphatic rings. The van der Waals surface area contributed by atoms with Gasteiger partial charge in [0.05, 0.1) is 6.04 Å². The first-order valence-electron chi connectivity index (χ1n) is 10.0. The normalized spacial score (nSPS) is 21.3. The number of nitrogens with one attached hydrogen (secondary N) is 2. The summed E-state index contributed by atoms with van der Waals surface area (Å²) in [6, 6.07) is 13.6. The Morgan fingerprint density at radius 1 is 1.07 bits per heavy atom. The molecule has 2 N–H and O–H groups in total. The van der Waals surface area contributed by atoms with Crippen molar-refractivity contribution in [3.8, 4) is 0 Å². The van der Waals surface area contributed by atoms with Crippen LogP contribution in [0.3, 0.4) is 0 Å². The summed E-state index contributed by atoms with van der Waals surface area (Å²) in [7, 11) is 0. The van der Waals surface area contributed by atoms with Crippen molar-refractivity contribution >= 4 is 17.5 Å². The molecule has 4 rings (SSSR count). The van der Waals surface area contributed by atoms with E-state index in [9.17, 15) is 9.59 Å². The van der Waals surface area contributed by atoms with E-state index in [0.29, 0.717) is 25.9 Å². The number of carbonyl (C=O) groups excluding carboxylic acids is 2. The third-order valence-electron chi connectivity index (χ3n) is 5.71. The van der Waals surface area contributed by atoms with Crippen LogP contribution in [0.4, 0.5) is 5.69 Å². The highest BCUT2D eigenvalue weighted by molar-refractivity contribution is 5.98. The molecule has 2 atom stereocenters. The summed E-state index contributed by atoms with van der Waals surface area (Å²) in [5.74, 6) is -0.0559. The number of benzene rings is 2. The van der Waals surface area contributed by atoms with Gasteiger partial charge in [0, 0.05) is 18.8 Å². The fourth-order valence-corrected chi connectivity index (χ4v) is 4.40. The lowest BCUT2D eigenvalue weighted by Crippen LogP contribution is -2.53. The van der Waals surface area contributed by atoms with Crippen molar-refractivity contribution in [3.05, 3.63) is 64.7 Å². The van der Waals surface area contributed by atoms with E-state index in [1.165, 1.54) is 11.1 Å². The molecule has 0 bridgehead atoms. The Kier molecular flexibility index (Phi) is 5.18. The number of nitrogens with zero attached hydrogens (tertiary/aromatic N) is 1.